The van der Waals surface area contributed by atoms with Crippen molar-refractivity contribution in [1.82, 2.24) is 9.21 Å². The third-order valence-electron chi connectivity index (χ3n) is 4.06. The molecule has 1 N–H and O–H groups in total. The summed E-state index contributed by atoms with van der Waals surface area (Å²) in [7, 11) is -3.33. The maximum Gasteiger partial charge on any atom is 0.323 e. The number of carbonyl (C=O) groups excluding carboxylic acids is 1. The van der Waals surface area contributed by atoms with Crippen molar-refractivity contribution in [3.8, 4) is 0 Å². The molecule has 1 heterocycles. The van der Waals surface area contributed by atoms with Gasteiger partial charge in [0.05, 0.1) is 16.8 Å². The summed E-state index contributed by atoms with van der Waals surface area (Å²) >= 11 is 5.90. The van der Waals surface area contributed by atoms with Crippen LogP contribution >= 0.6 is 11.6 Å². The number of amides is 1. The minimum absolute atomic E-state index is 0.00913. The van der Waals surface area contributed by atoms with Crippen LogP contribution in [-0.4, -0.2) is 66.5 Å². The van der Waals surface area contributed by atoms with Gasteiger partial charge in [-0.3, -0.25) is 9.59 Å². The van der Waals surface area contributed by atoms with Crippen molar-refractivity contribution < 1.29 is 27.5 Å². The number of halogens is 2. The highest BCUT2D eigenvalue weighted by molar-refractivity contribution is 7.88. The van der Waals surface area contributed by atoms with Crippen LogP contribution in [0.4, 0.5) is 4.39 Å². The lowest BCUT2D eigenvalue weighted by molar-refractivity contribution is -0.138. The fraction of sp³-hybridized carbons (Fsp3) is 0.467. The molecule has 10 heteroatoms. The number of aliphatic carboxylic acids is 1. The second-order valence-electron chi connectivity index (χ2n) is 5.84. The summed E-state index contributed by atoms with van der Waals surface area (Å²) < 4.78 is 37.6. The Morgan fingerprint density at radius 2 is 1.96 bits per heavy atom. The van der Waals surface area contributed by atoms with Crippen LogP contribution in [0.1, 0.15) is 23.2 Å². The van der Waals surface area contributed by atoms with E-state index in [0.29, 0.717) is 12.8 Å². The smallest absolute Gasteiger partial charge is 0.323 e. The molecule has 7 nitrogen and oxygen atoms in total. The van der Waals surface area contributed by atoms with E-state index in [1.165, 1.54) is 10.4 Å². The summed E-state index contributed by atoms with van der Waals surface area (Å²) in [4.78, 5) is 25.0. The summed E-state index contributed by atoms with van der Waals surface area (Å²) in [6.07, 6.45) is 1.72. The molecule has 0 bridgehead atoms. The standard InChI is InChI=1S/C15H18ClFN2O5S/c1-25(23,24)18-6-4-11(5-7-18)19(9-14(20)21)15(22)12-3-2-10(17)8-13(12)16/h2-3,8,11H,4-7,9H2,1H3,(H,20,21). The van der Waals surface area contributed by atoms with Gasteiger partial charge in [0.15, 0.2) is 0 Å². The number of sulfonamides is 1. The molecule has 0 aliphatic carbocycles. The van der Waals surface area contributed by atoms with Gasteiger partial charge in [0.1, 0.15) is 12.4 Å². The van der Waals surface area contributed by atoms with E-state index in [2.05, 4.69) is 0 Å². The van der Waals surface area contributed by atoms with Gasteiger partial charge in [-0.05, 0) is 31.0 Å². The number of carboxylic acids is 1. The van der Waals surface area contributed by atoms with E-state index in [-0.39, 0.29) is 23.7 Å². The van der Waals surface area contributed by atoms with Crippen molar-refractivity contribution in [3.05, 3.63) is 34.6 Å². The van der Waals surface area contributed by atoms with Crippen LogP contribution in [0, 0.1) is 5.82 Å². The van der Waals surface area contributed by atoms with Crippen molar-refractivity contribution in [1.29, 1.82) is 0 Å². The summed E-state index contributed by atoms with van der Waals surface area (Å²) in [6, 6.07) is 2.83. The Bertz CT molecular complexity index is 778. The average Bonchev–Trinajstić information content (AvgIpc) is 2.51. The van der Waals surface area contributed by atoms with Crippen LogP contribution in [-0.2, 0) is 14.8 Å². The minimum atomic E-state index is -3.33. The number of carbonyl (C=O) groups is 2. The minimum Gasteiger partial charge on any atom is -0.480 e. The molecular formula is C15H18ClFN2O5S. The number of piperidine rings is 1. The molecule has 25 heavy (non-hydrogen) atoms. The number of nitrogens with zero attached hydrogens (tertiary/aromatic N) is 2. The number of hydrogen-bond donors (Lipinski definition) is 1. The van der Waals surface area contributed by atoms with Crippen LogP contribution in [0.2, 0.25) is 5.02 Å². The first-order chi connectivity index (χ1) is 11.6. The van der Waals surface area contributed by atoms with E-state index >= 15 is 0 Å². The molecule has 0 atom stereocenters. The molecular weight excluding hydrogens is 375 g/mol. The predicted molar refractivity (Wildman–Crippen MR) is 89.5 cm³/mol. The number of carboxylic acid groups (broad SMARTS) is 1. The Morgan fingerprint density at radius 3 is 2.44 bits per heavy atom. The van der Waals surface area contributed by atoms with Crippen molar-refractivity contribution >= 4 is 33.5 Å². The van der Waals surface area contributed by atoms with E-state index in [0.717, 1.165) is 23.3 Å². The molecule has 0 spiro atoms. The third kappa shape index (κ3) is 4.90. The van der Waals surface area contributed by atoms with Gasteiger partial charge in [-0.2, -0.15) is 0 Å². The topological polar surface area (TPSA) is 95.0 Å². The van der Waals surface area contributed by atoms with Crippen molar-refractivity contribution in [3.63, 3.8) is 0 Å². The van der Waals surface area contributed by atoms with Crippen LogP contribution in [0.5, 0.6) is 0 Å². The quantitative estimate of drug-likeness (QED) is 0.817. The highest BCUT2D eigenvalue weighted by atomic mass is 35.5. The molecule has 1 aromatic carbocycles. The molecule has 1 fully saturated rings. The molecule has 0 saturated carbocycles. The highest BCUT2D eigenvalue weighted by Gasteiger charge is 2.33. The summed E-state index contributed by atoms with van der Waals surface area (Å²) in [6.45, 7) is -0.149. The molecule has 1 aliphatic heterocycles. The van der Waals surface area contributed by atoms with Crippen LogP contribution in [0.15, 0.2) is 18.2 Å². The molecule has 1 saturated heterocycles. The SMILES string of the molecule is CS(=O)(=O)N1CCC(N(CC(=O)O)C(=O)c2ccc(F)cc2Cl)CC1. The second-order valence-corrected chi connectivity index (χ2v) is 8.23. The number of benzene rings is 1. The second kappa shape index (κ2) is 7.67. The zero-order valence-electron chi connectivity index (χ0n) is 13.5. The van der Waals surface area contributed by atoms with Gasteiger partial charge >= 0.3 is 5.97 Å². The van der Waals surface area contributed by atoms with Gasteiger partial charge in [0.2, 0.25) is 10.0 Å². The Balaban J connectivity index is 2.22. The molecule has 1 amide bonds. The van der Waals surface area contributed by atoms with E-state index in [9.17, 15) is 22.4 Å². The maximum atomic E-state index is 13.2. The first kappa shape index (κ1) is 19.6. The molecule has 2 rings (SSSR count). The molecule has 1 aromatic rings. The molecule has 0 unspecified atom stereocenters. The van der Waals surface area contributed by atoms with Gasteiger partial charge < -0.3 is 10.0 Å². The largest absolute Gasteiger partial charge is 0.480 e. The molecule has 138 valence electrons. The van der Waals surface area contributed by atoms with Gasteiger partial charge in [0.25, 0.3) is 5.91 Å². The van der Waals surface area contributed by atoms with Crippen LogP contribution in [0.3, 0.4) is 0 Å². The third-order valence-corrected chi connectivity index (χ3v) is 5.68. The Kier molecular flexibility index (Phi) is 6.02. The number of hydrogen-bond acceptors (Lipinski definition) is 4. The van der Waals surface area contributed by atoms with E-state index in [4.69, 9.17) is 16.7 Å². The lowest BCUT2D eigenvalue weighted by Crippen LogP contribution is -2.50. The van der Waals surface area contributed by atoms with Gasteiger partial charge in [-0.1, -0.05) is 11.6 Å². The van der Waals surface area contributed by atoms with E-state index in [1.807, 2.05) is 0 Å². The van der Waals surface area contributed by atoms with Crippen molar-refractivity contribution in [2.24, 2.45) is 0 Å². The molecule has 0 radical (unpaired) electrons. The fourth-order valence-electron chi connectivity index (χ4n) is 2.82. The number of rotatable bonds is 5. The molecule has 1 aliphatic rings. The fourth-order valence-corrected chi connectivity index (χ4v) is 3.94. The van der Waals surface area contributed by atoms with Gasteiger partial charge in [0, 0.05) is 19.1 Å². The Hall–Kier alpha value is -1.71. The van der Waals surface area contributed by atoms with E-state index in [1.54, 1.807) is 0 Å². The highest BCUT2D eigenvalue weighted by Crippen LogP contribution is 2.24. The summed E-state index contributed by atoms with van der Waals surface area (Å²) in [5.41, 5.74) is 0.00913. The van der Waals surface area contributed by atoms with Crippen molar-refractivity contribution in [2.75, 3.05) is 25.9 Å². The summed E-state index contributed by atoms with van der Waals surface area (Å²) in [5, 5.41) is 9.01. The van der Waals surface area contributed by atoms with Gasteiger partial charge in [-0.25, -0.2) is 17.1 Å². The lowest BCUT2D eigenvalue weighted by Gasteiger charge is -2.37. The molecule has 0 aromatic heterocycles. The van der Waals surface area contributed by atoms with E-state index < -0.39 is 40.3 Å². The zero-order chi connectivity index (χ0) is 18.8. The Morgan fingerprint density at radius 1 is 1.36 bits per heavy atom. The monoisotopic (exact) mass is 392 g/mol. The first-order valence-corrected chi connectivity index (χ1v) is 9.75. The zero-order valence-corrected chi connectivity index (χ0v) is 15.1. The van der Waals surface area contributed by atoms with Gasteiger partial charge in [-0.15, -0.1) is 0 Å². The first-order valence-electron chi connectivity index (χ1n) is 7.52. The maximum absolute atomic E-state index is 13.2. The predicted octanol–water partition coefficient (Wildman–Crippen LogP) is 1.43. The summed E-state index contributed by atoms with van der Waals surface area (Å²) in [5.74, 6) is -2.42. The van der Waals surface area contributed by atoms with Crippen LogP contribution in [0.25, 0.3) is 0 Å². The van der Waals surface area contributed by atoms with Crippen molar-refractivity contribution in [2.45, 2.75) is 18.9 Å². The Labute approximate surface area is 150 Å². The average molecular weight is 393 g/mol. The lowest BCUT2D eigenvalue weighted by atomic mass is 10.0. The normalized spacial score (nSPS) is 16.6. The van der Waals surface area contributed by atoms with Crippen LogP contribution < -0.4 is 0 Å².